The van der Waals surface area contributed by atoms with Crippen molar-refractivity contribution in [3.8, 4) is 11.5 Å². The van der Waals surface area contributed by atoms with E-state index in [-0.39, 0.29) is 11.9 Å². The van der Waals surface area contributed by atoms with Gasteiger partial charge in [0.15, 0.2) is 0 Å². The van der Waals surface area contributed by atoms with Crippen LogP contribution in [0.3, 0.4) is 0 Å². The molecule has 5 heteroatoms. The number of hydrogen-bond acceptors (Lipinski definition) is 3. The van der Waals surface area contributed by atoms with Crippen LogP contribution >= 0.6 is 15.9 Å². The van der Waals surface area contributed by atoms with E-state index in [9.17, 15) is 4.39 Å². The first-order valence-electron chi connectivity index (χ1n) is 6.51. The lowest BCUT2D eigenvalue weighted by atomic mass is 10.1. The molecule has 0 heterocycles. The van der Waals surface area contributed by atoms with Gasteiger partial charge in [-0.1, -0.05) is 15.9 Å². The molecule has 0 aromatic heterocycles. The molecule has 1 unspecified atom stereocenters. The van der Waals surface area contributed by atoms with Gasteiger partial charge in [0.1, 0.15) is 23.9 Å². The number of nitrogens with two attached hydrogens (primary N) is 1. The van der Waals surface area contributed by atoms with Crippen molar-refractivity contribution in [2.24, 2.45) is 5.73 Å². The second-order valence-electron chi connectivity index (χ2n) is 4.72. The van der Waals surface area contributed by atoms with Crippen LogP contribution in [0.2, 0.25) is 0 Å². The van der Waals surface area contributed by atoms with Crippen molar-refractivity contribution in [2.75, 3.05) is 7.11 Å². The molecule has 2 rings (SSSR count). The van der Waals surface area contributed by atoms with Gasteiger partial charge in [-0.25, -0.2) is 4.39 Å². The van der Waals surface area contributed by atoms with Crippen molar-refractivity contribution >= 4 is 15.9 Å². The van der Waals surface area contributed by atoms with E-state index in [2.05, 4.69) is 15.9 Å². The third kappa shape index (κ3) is 3.95. The Balaban J connectivity index is 2.22. The molecular weight excluding hydrogens is 337 g/mol. The summed E-state index contributed by atoms with van der Waals surface area (Å²) in [5.74, 6) is 0.991. The molecule has 3 nitrogen and oxygen atoms in total. The zero-order chi connectivity index (χ0) is 15.4. The van der Waals surface area contributed by atoms with Crippen LogP contribution in [0.5, 0.6) is 11.5 Å². The summed E-state index contributed by atoms with van der Waals surface area (Å²) in [6.07, 6.45) is 0. The van der Waals surface area contributed by atoms with Crippen LogP contribution in [-0.2, 0) is 6.61 Å². The Labute approximate surface area is 132 Å². The molecule has 0 fully saturated rings. The standard InChI is InChI=1S/C16H17BrFNO2/c1-10(19)14-8-13(18)4-6-16(14)21-9-11-7-12(17)3-5-15(11)20-2/h3-8,10H,9,19H2,1-2H3. The molecule has 2 aromatic rings. The Morgan fingerprint density at radius 2 is 1.90 bits per heavy atom. The van der Waals surface area contributed by atoms with E-state index in [1.807, 2.05) is 18.2 Å². The number of methoxy groups -OCH3 is 1. The molecule has 0 amide bonds. The van der Waals surface area contributed by atoms with Gasteiger partial charge in [0, 0.05) is 21.6 Å². The number of rotatable bonds is 5. The maximum atomic E-state index is 13.3. The summed E-state index contributed by atoms with van der Waals surface area (Å²) in [6.45, 7) is 2.11. The molecule has 0 bridgehead atoms. The Kier molecular flexibility index (Phi) is 5.20. The van der Waals surface area contributed by atoms with Crippen LogP contribution in [0.15, 0.2) is 40.9 Å². The maximum Gasteiger partial charge on any atom is 0.125 e. The summed E-state index contributed by atoms with van der Waals surface area (Å²) in [5, 5.41) is 0. The highest BCUT2D eigenvalue weighted by Gasteiger charge is 2.11. The lowest BCUT2D eigenvalue weighted by molar-refractivity contribution is 0.292. The van der Waals surface area contributed by atoms with Crippen molar-refractivity contribution in [2.45, 2.75) is 19.6 Å². The minimum absolute atomic E-state index is 0.305. The molecule has 0 saturated heterocycles. The van der Waals surface area contributed by atoms with Crippen LogP contribution in [-0.4, -0.2) is 7.11 Å². The number of hydrogen-bond donors (Lipinski definition) is 1. The highest BCUT2D eigenvalue weighted by Crippen LogP contribution is 2.28. The Hall–Kier alpha value is -1.59. The quantitative estimate of drug-likeness (QED) is 0.876. The summed E-state index contributed by atoms with van der Waals surface area (Å²) in [7, 11) is 1.61. The van der Waals surface area contributed by atoms with E-state index in [4.69, 9.17) is 15.2 Å². The summed E-state index contributed by atoms with van der Waals surface area (Å²) < 4.78 is 25.3. The number of halogens is 2. The normalized spacial score (nSPS) is 12.0. The second kappa shape index (κ2) is 6.91. The van der Waals surface area contributed by atoms with Crippen LogP contribution in [0.4, 0.5) is 4.39 Å². The average molecular weight is 354 g/mol. The van der Waals surface area contributed by atoms with Gasteiger partial charge in [0.25, 0.3) is 0 Å². The van der Waals surface area contributed by atoms with Gasteiger partial charge in [-0.15, -0.1) is 0 Å². The smallest absolute Gasteiger partial charge is 0.125 e. The van der Waals surface area contributed by atoms with Crippen molar-refractivity contribution in [1.29, 1.82) is 0 Å². The fourth-order valence-electron chi connectivity index (χ4n) is 2.02. The van der Waals surface area contributed by atoms with Gasteiger partial charge in [0.2, 0.25) is 0 Å². The van der Waals surface area contributed by atoms with Crippen LogP contribution in [0, 0.1) is 5.82 Å². The van der Waals surface area contributed by atoms with E-state index in [0.29, 0.717) is 17.9 Å². The van der Waals surface area contributed by atoms with Crippen LogP contribution in [0.1, 0.15) is 24.1 Å². The molecule has 2 aromatic carbocycles. The topological polar surface area (TPSA) is 44.5 Å². The van der Waals surface area contributed by atoms with Crippen LogP contribution in [0.25, 0.3) is 0 Å². The molecule has 0 aliphatic carbocycles. The lowest BCUT2D eigenvalue weighted by Crippen LogP contribution is -2.09. The van der Waals surface area contributed by atoms with Crippen LogP contribution < -0.4 is 15.2 Å². The molecule has 2 N–H and O–H groups in total. The predicted molar refractivity (Wildman–Crippen MR) is 84.0 cm³/mol. The molecule has 0 aliphatic rings. The maximum absolute atomic E-state index is 13.3. The summed E-state index contributed by atoms with van der Waals surface area (Å²) in [5.41, 5.74) is 7.39. The zero-order valence-corrected chi connectivity index (χ0v) is 13.5. The monoisotopic (exact) mass is 353 g/mol. The van der Waals surface area contributed by atoms with E-state index in [1.54, 1.807) is 20.1 Å². The minimum Gasteiger partial charge on any atom is -0.496 e. The Bertz CT molecular complexity index is 632. The minimum atomic E-state index is -0.324. The lowest BCUT2D eigenvalue weighted by Gasteiger charge is -2.15. The van der Waals surface area contributed by atoms with Gasteiger partial charge in [-0.3, -0.25) is 0 Å². The average Bonchev–Trinajstić information content (AvgIpc) is 2.46. The molecule has 112 valence electrons. The first-order valence-corrected chi connectivity index (χ1v) is 7.31. The molecular formula is C16H17BrFNO2. The molecule has 0 radical (unpaired) electrons. The van der Waals surface area contributed by atoms with Gasteiger partial charge >= 0.3 is 0 Å². The second-order valence-corrected chi connectivity index (χ2v) is 5.63. The van der Waals surface area contributed by atoms with E-state index in [0.717, 1.165) is 15.8 Å². The molecule has 21 heavy (non-hydrogen) atoms. The SMILES string of the molecule is COc1ccc(Br)cc1COc1ccc(F)cc1C(C)N. The summed E-state index contributed by atoms with van der Waals surface area (Å²) in [4.78, 5) is 0. The van der Waals surface area contributed by atoms with E-state index in [1.165, 1.54) is 12.1 Å². The molecule has 0 saturated carbocycles. The molecule has 0 spiro atoms. The van der Waals surface area contributed by atoms with Crippen molar-refractivity contribution < 1.29 is 13.9 Å². The van der Waals surface area contributed by atoms with Crippen molar-refractivity contribution in [3.63, 3.8) is 0 Å². The van der Waals surface area contributed by atoms with Gasteiger partial charge in [0.05, 0.1) is 7.11 Å². The predicted octanol–water partition coefficient (Wildman–Crippen LogP) is 4.20. The third-order valence-corrected chi connectivity index (χ3v) is 3.58. The summed E-state index contributed by atoms with van der Waals surface area (Å²) in [6, 6.07) is 9.73. The van der Waals surface area contributed by atoms with Gasteiger partial charge in [-0.2, -0.15) is 0 Å². The molecule has 0 aliphatic heterocycles. The zero-order valence-electron chi connectivity index (χ0n) is 11.9. The Morgan fingerprint density at radius 1 is 1.19 bits per heavy atom. The highest BCUT2D eigenvalue weighted by molar-refractivity contribution is 9.10. The van der Waals surface area contributed by atoms with Gasteiger partial charge in [-0.05, 0) is 43.3 Å². The van der Waals surface area contributed by atoms with Crippen molar-refractivity contribution in [1.82, 2.24) is 0 Å². The van der Waals surface area contributed by atoms with Crippen molar-refractivity contribution in [3.05, 3.63) is 57.8 Å². The summed E-state index contributed by atoms with van der Waals surface area (Å²) >= 11 is 3.42. The fourth-order valence-corrected chi connectivity index (χ4v) is 2.43. The third-order valence-electron chi connectivity index (χ3n) is 3.09. The van der Waals surface area contributed by atoms with Gasteiger partial charge < -0.3 is 15.2 Å². The first-order chi connectivity index (χ1) is 10.0. The number of ether oxygens (including phenoxy) is 2. The highest BCUT2D eigenvalue weighted by atomic mass is 79.9. The number of benzene rings is 2. The largest absolute Gasteiger partial charge is 0.496 e. The first kappa shape index (κ1) is 15.8. The molecule has 1 atom stereocenters. The Morgan fingerprint density at radius 3 is 2.57 bits per heavy atom. The fraction of sp³-hybridized carbons (Fsp3) is 0.250. The van der Waals surface area contributed by atoms with E-state index >= 15 is 0 Å². The van der Waals surface area contributed by atoms with E-state index < -0.39 is 0 Å².